The number of unbranched alkanes of at least 4 members (excludes halogenated alkanes) is 14. The fourth-order valence-electron chi connectivity index (χ4n) is 4.58. The lowest BCUT2D eigenvalue weighted by atomic mass is 9.99. The van der Waals surface area contributed by atoms with Crippen molar-refractivity contribution in [3.8, 4) is 0 Å². The first-order valence-electron chi connectivity index (χ1n) is 13.2. The summed E-state index contributed by atoms with van der Waals surface area (Å²) < 4.78 is 5.62. The molecular weight excluding hydrogens is 370 g/mol. The summed E-state index contributed by atoms with van der Waals surface area (Å²) in [5.74, 6) is -0.136. The molecule has 1 rings (SSSR count). The first-order chi connectivity index (χ1) is 14.6. The fraction of sp³-hybridized carbons (Fsp3) is 0.889. The summed E-state index contributed by atoms with van der Waals surface area (Å²) in [7, 11) is 2.17. The Kier molecular flexibility index (Phi) is 17.1. The van der Waals surface area contributed by atoms with E-state index in [4.69, 9.17) is 4.74 Å². The summed E-state index contributed by atoms with van der Waals surface area (Å²) in [5, 5.41) is 0. The molecule has 0 unspecified atom stereocenters. The lowest BCUT2D eigenvalue weighted by Crippen LogP contribution is -2.37. The van der Waals surface area contributed by atoms with Crippen molar-refractivity contribution >= 4 is 5.97 Å². The lowest BCUT2D eigenvalue weighted by Gasteiger charge is -2.31. The monoisotopic (exact) mass is 421 g/mol. The number of rotatable bonds is 19. The molecule has 2 atom stereocenters. The second-order valence-corrected chi connectivity index (χ2v) is 9.47. The zero-order valence-corrected chi connectivity index (χ0v) is 20.5. The van der Waals surface area contributed by atoms with Crippen molar-refractivity contribution in [2.75, 3.05) is 13.6 Å². The van der Waals surface area contributed by atoms with Crippen LogP contribution in [0.15, 0.2) is 12.2 Å². The molecule has 0 aromatic rings. The van der Waals surface area contributed by atoms with E-state index in [1.807, 2.05) is 0 Å². The number of hydrogen-bond acceptors (Lipinski definition) is 3. The number of hydrogen-bond donors (Lipinski definition) is 0. The van der Waals surface area contributed by atoms with Crippen LogP contribution in [0.2, 0.25) is 0 Å². The van der Waals surface area contributed by atoms with Crippen molar-refractivity contribution in [1.29, 1.82) is 0 Å². The summed E-state index contributed by atoms with van der Waals surface area (Å²) in [6.07, 6.45) is 28.5. The summed E-state index contributed by atoms with van der Waals surface area (Å²) in [6.45, 7) is 4.93. The minimum Gasteiger partial charge on any atom is -0.462 e. The highest BCUT2D eigenvalue weighted by Gasteiger charge is 2.21. The molecule has 1 aliphatic rings. The van der Waals surface area contributed by atoms with Gasteiger partial charge in [-0.2, -0.15) is 0 Å². The molecule has 1 aliphatic heterocycles. The lowest BCUT2D eigenvalue weighted by molar-refractivity contribution is -0.147. The Morgan fingerprint density at radius 3 is 1.87 bits per heavy atom. The molecule has 0 radical (unpaired) electrons. The van der Waals surface area contributed by atoms with Crippen LogP contribution in [-0.2, 0) is 9.53 Å². The Morgan fingerprint density at radius 2 is 1.40 bits per heavy atom. The summed E-state index contributed by atoms with van der Waals surface area (Å²) >= 11 is 0. The molecule has 0 fully saturated rings. The maximum Gasteiger partial charge on any atom is 0.302 e. The van der Waals surface area contributed by atoms with Crippen molar-refractivity contribution in [3.05, 3.63) is 12.2 Å². The molecule has 0 aromatic heterocycles. The Bertz CT molecular complexity index is 435. The molecule has 3 nitrogen and oxygen atoms in total. The number of nitrogens with zero attached hydrogens (tertiary/aromatic N) is 1. The van der Waals surface area contributed by atoms with E-state index in [1.54, 1.807) is 6.92 Å². The van der Waals surface area contributed by atoms with E-state index < -0.39 is 0 Å². The van der Waals surface area contributed by atoms with Crippen LogP contribution in [0.1, 0.15) is 129 Å². The van der Waals surface area contributed by atoms with Gasteiger partial charge in [0.2, 0.25) is 0 Å². The molecule has 0 N–H and O–H groups in total. The zero-order valence-electron chi connectivity index (χ0n) is 20.5. The van der Waals surface area contributed by atoms with E-state index in [1.165, 1.54) is 96.3 Å². The smallest absolute Gasteiger partial charge is 0.302 e. The predicted octanol–water partition coefficient (Wildman–Crippen LogP) is 7.83. The van der Waals surface area contributed by atoms with Crippen molar-refractivity contribution in [2.45, 2.75) is 142 Å². The highest BCUT2D eigenvalue weighted by atomic mass is 16.5. The van der Waals surface area contributed by atoms with Gasteiger partial charge < -0.3 is 4.74 Å². The van der Waals surface area contributed by atoms with Crippen molar-refractivity contribution < 1.29 is 9.53 Å². The zero-order chi connectivity index (χ0) is 21.9. The average molecular weight is 422 g/mol. The van der Waals surface area contributed by atoms with Crippen molar-refractivity contribution in [3.63, 3.8) is 0 Å². The van der Waals surface area contributed by atoms with Gasteiger partial charge in [0, 0.05) is 25.9 Å². The van der Waals surface area contributed by atoms with E-state index >= 15 is 0 Å². The number of ether oxygens (including phenoxy) is 1. The predicted molar refractivity (Wildman–Crippen MR) is 130 cm³/mol. The molecule has 176 valence electrons. The molecule has 1 heterocycles. The van der Waals surface area contributed by atoms with Gasteiger partial charge in [0.15, 0.2) is 0 Å². The van der Waals surface area contributed by atoms with Crippen molar-refractivity contribution in [2.24, 2.45) is 0 Å². The van der Waals surface area contributed by atoms with Crippen LogP contribution in [0.4, 0.5) is 0 Å². The summed E-state index contributed by atoms with van der Waals surface area (Å²) in [5.41, 5.74) is 0. The average Bonchev–Trinajstić information content (AvgIpc) is 2.72. The van der Waals surface area contributed by atoms with E-state index in [2.05, 4.69) is 31.0 Å². The van der Waals surface area contributed by atoms with Crippen LogP contribution in [0.25, 0.3) is 0 Å². The van der Waals surface area contributed by atoms with Crippen LogP contribution in [0, 0.1) is 0 Å². The SMILES string of the molecule is CCCCCCCCCCCCCCCCC[C@@H](C[C@@H]1C=CCCN1C)OC(C)=O. The maximum absolute atomic E-state index is 11.5. The van der Waals surface area contributed by atoms with E-state index in [-0.39, 0.29) is 12.1 Å². The van der Waals surface area contributed by atoms with Gasteiger partial charge in [-0.3, -0.25) is 9.69 Å². The van der Waals surface area contributed by atoms with Gasteiger partial charge in [-0.15, -0.1) is 0 Å². The first kappa shape index (κ1) is 27.2. The van der Waals surface area contributed by atoms with Gasteiger partial charge in [-0.25, -0.2) is 0 Å². The standard InChI is InChI=1S/C27H51NO2/c1-4-5-6-7-8-9-10-11-12-13-14-15-16-17-18-22-27(30-25(2)29)24-26-21-19-20-23-28(26)3/h19,21,26-27H,4-18,20,22-24H2,1-3H3/t26-,27-/m0/s1. The fourth-order valence-corrected chi connectivity index (χ4v) is 4.58. The minimum atomic E-state index is -0.136. The summed E-state index contributed by atoms with van der Waals surface area (Å²) in [6, 6.07) is 0.416. The third-order valence-electron chi connectivity index (χ3n) is 6.54. The number of likely N-dealkylation sites (N-methyl/N-ethyl adjacent to an activating group) is 1. The quantitative estimate of drug-likeness (QED) is 0.121. The van der Waals surface area contributed by atoms with E-state index in [9.17, 15) is 4.79 Å². The van der Waals surface area contributed by atoms with Gasteiger partial charge in [0.1, 0.15) is 6.10 Å². The van der Waals surface area contributed by atoms with Gasteiger partial charge >= 0.3 is 5.97 Å². The molecule has 3 heteroatoms. The second kappa shape index (κ2) is 18.9. The normalized spacial score (nSPS) is 17.9. The third-order valence-corrected chi connectivity index (χ3v) is 6.54. The Hall–Kier alpha value is -0.830. The second-order valence-electron chi connectivity index (χ2n) is 9.47. The van der Waals surface area contributed by atoms with Gasteiger partial charge in [0.25, 0.3) is 0 Å². The van der Waals surface area contributed by atoms with Crippen LogP contribution < -0.4 is 0 Å². The van der Waals surface area contributed by atoms with Crippen molar-refractivity contribution in [1.82, 2.24) is 4.90 Å². The highest BCUT2D eigenvalue weighted by Crippen LogP contribution is 2.20. The van der Waals surface area contributed by atoms with E-state index in [0.717, 1.165) is 25.8 Å². The number of esters is 1. The molecule has 0 spiro atoms. The Labute approximate surface area is 188 Å². The topological polar surface area (TPSA) is 29.5 Å². The van der Waals surface area contributed by atoms with Crippen LogP contribution in [-0.4, -0.2) is 36.6 Å². The molecule has 0 aromatic carbocycles. The van der Waals surface area contributed by atoms with Crippen LogP contribution in [0.5, 0.6) is 0 Å². The van der Waals surface area contributed by atoms with Crippen LogP contribution >= 0.6 is 0 Å². The molecule has 0 aliphatic carbocycles. The minimum absolute atomic E-state index is 0.0691. The van der Waals surface area contributed by atoms with E-state index in [0.29, 0.717) is 6.04 Å². The summed E-state index contributed by atoms with van der Waals surface area (Å²) in [4.78, 5) is 13.9. The van der Waals surface area contributed by atoms with Gasteiger partial charge in [-0.1, -0.05) is 109 Å². The largest absolute Gasteiger partial charge is 0.462 e. The first-order valence-corrected chi connectivity index (χ1v) is 13.2. The molecule has 0 saturated heterocycles. The Balaban J connectivity index is 1.97. The highest BCUT2D eigenvalue weighted by molar-refractivity contribution is 5.66. The molecule has 0 saturated carbocycles. The van der Waals surface area contributed by atoms with Gasteiger partial charge in [-0.05, 0) is 26.3 Å². The molecule has 0 bridgehead atoms. The molecule has 0 amide bonds. The third kappa shape index (κ3) is 15.0. The molecular formula is C27H51NO2. The number of carbonyl (C=O) groups excluding carboxylic acids is 1. The number of carbonyl (C=O) groups is 1. The maximum atomic E-state index is 11.5. The molecule has 30 heavy (non-hydrogen) atoms. The van der Waals surface area contributed by atoms with Crippen LogP contribution in [0.3, 0.4) is 0 Å². The Morgan fingerprint density at radius 1 is 0.900 bits per heavy atom. The van der Waals surface area contributed by atoms with Gasteiger partial charge in [0.05, 0.1) is 0 Å².